The van der Waals surface area contributed by atoms with Gasteiger partial charge in [0.15, 0.2) is 5.82 Å². The first kappa shape index (κ1) is 22.4. The molecule has 0 fully saturated rings. The molecule has 0 unspecified atom stereocenters. The third kappa shape index (κ3) is 7.19. The summed E-state index contributed by atoms with van der Waals surface area (Å²) in [6.07, 6.45) is 5.38. The summed E-state index contributed by atoms with van der Waals surface area (Å²) in [6.45, 7) is 3.27. The number of nitrogens with zero attached hydrogens (tertiary/aromatic N) is 3. The summed E-state index contributed by atoms with van der Waals surface area (Å²) in [6, 6.07) is 13.6. The van der Waals surface area contributed by atoms with E-state index < -0.39 is 10.0 Å². The van der Waals surface area contributed by atoms with Crippen molar-refractivity contribution in [3.63, 3.8) is 0 Å². The summed E-state index contributed by atoms with van der Waals surface area (Å²) in [5, 5.41) is 14.3. The molecule has 0 spiro atoms. The second-order valence-electron chi connectivity index (χ2n) is 6.67. The maximum atomic E-state index is 12.4. The van der Waals surface area contributed by atoms with Gasteiger partial charge >= 0.3 is 0 Å². The van der Waals surface area contributed by atoms with Crippen LogP contribution >= 0.6 is 0 Å². The van der Waals surface area contributed by atoms with E-state index in [2.05, 4.69) is 37.5 Å². The molecule has 10 heteroatoms. The average Bonchev–Trinajstić information content (AvgIpc) is 2.79. The Balaban J connectivity index is 1.43. The molecule has 0 atom stereocenters. The number of unbranched alkanes of at least 4 members (excludes halogenated alkanes) is 1. The van der Waals surface area contributed by atoms with Crippen molar-refractivity contribution in [3.8, 4) is 5.75 Å². The number of pyridine rings is 1. The minimum absolute atomic E-state index is 0.195. The van der Waals surface area contributed by atoms with Crippen LogP contribution in [-0.4, -0.2) is 43.3 Å². The topological polar surface area (TPSA) is 118 Å². The molecule has 0 amide bonds. The summed E-state index contributed by atoms with van der Waals surface area (Å²) in [5.74, 6) is 1.79. The van der Waals surface area contributed by atoms with E-state index in [1.807, 2.05) is 12.1 Å². The first-order valence-corrected chi connectivity index (χ1v) is 11.5. The van der Waals surface area contributed by atoms with Gasteiger partial charge in [-0.2, -0.15) is 0 Å². The molecule has 0 aliphatic heterocycles. The average molecular weight is 443 g/mol. The van der Waals surface area contributed by atoms with Crippen LogP contribution in [-0.2, 0) is 10.0 Å². The normalized spacial score (nSPS) is 11.1. The SMILES string of the molecule is CCCCOc1ccc(S(=O)(=O)NCCNc2ccc(Nc3cccnc3)nn2)cc1. The summed E-state index contributed by atoms with van der Waals surface area (Å²) in [7, 11) is -3.60. The Bertz CT molecular complexity index is 1030. The fraction of sp³-hybridized carbons (Fsp3) is 0.286. The molecule has 31 heavy (non-hydrogen) atoms. The van der Waals surface area contributed by atoms with Gasteiger partial charge in [-0.05, 0) is 55.0 Å². The zero-order valence-corrected chi connectivity index (χ0v) is 18.1. The molecule has 0 saturated carbocycles. The maximum absolute atomic E-state index is 12.4. The Morgan fingerprint density at radius 1 is 0.968 bits per heavy atom. The van der Waals surface area contributed by atoms with Crippen LogP contribution in [0.4, 0.5) is 17.3 Å². The van der Waals surface area contributed by atoms with E-state index in [9.17, 15) is 8.42 Å². The molecule has 9 nitrogen and oxygen atoms in total. The summed E-state index contributed by atoms with van der Waals surface area (Å²) >= 11 is 0. The predicted octanol–water partition coefficient (Wildman–Crippen LogP) is 3.18. The van der Waals surface area contributed by atoms with E-state index in [0.29, 0.717) is 30.5 Å². The third-order valence-electron chi connectivity index (χ3n) is 4.22. The molecular formula is C21H26N6O3S. The first-order chi connectivity index (χ1) is 15.1. The van der Waals surface area contributed by atoms with Crippen LogP contribution in [0, 0.1) is 0 Å². The van der Waals surface area contributed by atoms with E-state index in [4.69, 9.17) is 4.74 Å². The molecule has 0 radical (unpaired) electrons. The maximum Gasteiger partial charge on any atom is 0.240 e. The largest absolute Gasteiger partial charge is 0.494 e. The second kappa shape index (κ2) is 11.2. The zero-order valence-electron chi connectivity index (χ0n) is 17.3. The molecule has 3 aromatic rings. The fourth-order valence-electron chi connectivity index (χ4n) is 2.59. The molecule has 0 saturated heterocycles. The first-order valence-electron chi connectivity index (χ1n) is 10.0. The standard InChI is InChI=1S/C21H26N6O3S/c1-2-3-15-30-18-6-8-19(9-7-18)31(28,29)24-14-13-23-20-10-11-21(27-26-20)25-17-5-4-12-22-16-17/h4-12,16,24H,2-3,13-15H2,1H3,(H,23,26)(H,25,27). The Kier molecular flexibility index (Phi) is 8.13. The van der Waals surface area contributed by atoms with Crippen molar-refractivity contribution in [1.82, 2.24) is 19.9 Å². The molecular weight excluding hydrogens is 416 g/mol. The van der Waals surface area contributed by atoms with Crippen LogP contribution < -0.4 is 20.1 Å². The fourth-order valence-corrected chi connectivity index (χ4v) is 3.62. The van der Waals surface area contributed by atoms with Gasteiger partial charge in [-0.25, -0.2) is 13.1 Å². The Labute approximate surface area is 182 Å². The van der Waals surface area contributed by atoms with Crippen molar-refractivity contribution in [2.24, 2.45) is 0 Å². The van der Waals surface area contributed by atoms with Gasteiger partial charge in [0.2, 0.25) is 10.0 Å². The van der Waals surface area contributed by atoms with Gasteiger partial charge in [-0.3, -0.25) is 4.98 Å². The number of sulfonamides is 1. The van der Waals surface area contributed by atoms with Crippen molar-refractivity contribution in [1.29, 1.82) is 0 Å². The highest BCUT2D eigenvalue weighted by molar-refractivity contribution is 7.89. The number of hydrogen-bond acceptors (Lipinski definition) is 8. The molecule has 164 valence electrons. The van der Waals surface area contributed by atoms with Gasteiger partial charge in [-0.1, -0.05) is 13.3 Å². The smallest absolute Gasteiger partial charge is 0.240 e. The summed E-state index contributed by atoms with van der Waals surface area (Å²) in [5.41, 5.74) is 0.812. The predicted molar refractivity (Wildman–Crippen MR) is 120 cm³/mol. The minimum atomic E-state index is -3.60. The molecule has 2 heterocycles. The van der Waals surface area contributed by atoms with Crippen LogP contribution in [0.25, 0.3) is 0 Å². The van der Waals surface area contributed by atoms with Gasteiger partial charge in [0, 0.05) is 19.3 Å². The highest BCUT2D eigenvalue weighted by Crippen LogP contribution is 2.16. The monoisotopic (exact) mass is 442 g/mol. The molecule has 0 bridgehead atoms. The van der Waals surface area contributed by atoms with E-state index in [1.165, 1.54) is 12.1 Å². The van der Waals surface area contributed by atoms with Crippen molar-refractivity contribution >= 4 is 27.3 Å². The Morgan fingerprint density at radius 2 is 1.74 bits per heavy atom. The number of rotatable bonds is 12. The van der Waals surface area contributed by atoms with Crippen LogP contribution in [0.15, 0.2) is 65.8 Å². The number of benzene rings is 1. The zero-order chi connectivity index (χ0) is 21.9. The summed E-state index contributed by atoms with van der Waals surface area (Å²) < 4.78 is 32.9. The lowest BCUT2D eigenvalue weighted by Gasteiger charge is -2.10. The van der Waals surface area contributed by atoms with Gasteiger partial charge < -0.3 is 15.4 Å². The number of anilines is 3. The number of nitrogens with one attached hydrogen (secondary N) is 3. The third-order valence-corrected chi connectivity index (χ3v) is 5.70. The highest BCUT2D eigenvalue weighted by atomic mass is 32.2. The molecule has 0 aliphatic carbocycles. The van der Waals surface area contributed by atoms with Crippen LogP contribution in [0.3, 0.4) is 0 Å². The lowest BCUT2D eigenvalue weighted by molar-refractivity contribution is 0.309. The Morgan fingerprint density at radius 3 is 2.42 bits per heavy atom. The molecule has 3 N–H and O–H groups in total. The number of ether oxygens (including phenoxy) is 1. The molecule has 0 aliphatic rings. The van der Waals surface area contributed by atoms with E-state index in [0.717, 1.165) is 18.5 Å². The lowest BCUT2D eigenvalue weighted by Crippen LogP contribution is -2.29. The Hall–Kier alpha value is -3.24. The van der Waals surface area contributed by atoms with Gasteiger partial charge in [0.1, 0.15) is 11.6 Å². The van der Waals surface area contributed by atoms with Crippen LogP contribution in [0.1, 0.15) is 19.8 Å². The number of aromatic nitrogens is 3. The van der Waals surface area contributed by atoms with Crippen molar-refractivity contribution < 1.29 is 13.2 Å². The molecule has 2 aromatic heterocycles. The second-order valence-corrected chi connectivity index (χ2v) is 8.44. The van der Waals surface area contributed by atoms with Crippen molar-refractivity contribution in [2.45, 2.75) is 24.7 Å². The number of hydrogen-bond donors (Lipinski definition) is 3. The lowest BCUT2D eigenvalue weighted by atomic mass is 10.3. The minimum Gasteiger partial charge on any atom is -0.494 e. The van der Waals surface area contributed by atoms with Gasteiger partial charge in [0.05, 0.1) is 23.4 Å². The van der Waals surface area contributed by atoms with Gasteiger partial charge in [0.25, 0.3) is 0 Å². The quantitative estimate of drug-likeness (QED) is 0.366. The summed E-state index contributed by atoms with van der Waals surface area (Å²) in [4.78, 5) is 4.22. The molecule has 1 aromatic carbocycles. The van der Waals surface area contributed by atoms with E-state index >= 15 is 0 Å². The van der Waals surface area contributed by atoms with Crippen molar-refractivity contribution in [3.05, 3.63) is 60.9 Å². The van der Waals surface area contributed by atoms with Crippen molar-refractivity contribution in [2.75, 3.05) is 30.3 Å². The highest BCUT2D eigenvalue weighted by Gasteiger charge is 2.13. The van der Waals surface area contributed by atoms with E-state index in [-0.39, 0.29) is 11.4 Å². The molecule has 3 rings (SSSR count). The van der Waals surface area contributed by atoms with Gasteiger partial charge in [-0.15, -0.1) is 10.2 Å². The van der Waals surface area contributed by atoms with E-state index in [1.54, 1.807) is 36.7 Å². The van der Waals surface area contributed by atoms with Crippen LogP contribution in [0.2, 0.25) is 0 Å². The van der Waals surface area contributed by atoms with Crippen LogP contribution in [0.5, 0.6) is 5.75 Å².